The van der Waals surface area contributed by atoms with Crippen LogP contribution < -0.4 is 16.4 Å². The zero-order chi connectivity index (χ0) is 12.3. The monoisotopic (exact) mass is 248 g/mol. The normalized spacial score (nSPS) is 9.94. The summed E-state index contributed by atoms with van der Waals surface area (Å²) in [5, 5.41) is 10.4. The third-order valence-electron chi connectivity index (χ3n) is 2.07. The van der Waals surface area contributed by atoms with E-state index < -0.39 is 0 Å². The third kappa shape index (κ3) is 2.51. The van der Waals surface area contributed by atoms with Gasteiger partial charge in [0.15, 0.2) is 5.11 Å². The summed E-state index contributed by atoms with van der Waals surface area (Å²) < 4.78 is 1.36. The molecule has 0 atom stereocenters. The van der Waals surface area contributed by atoms with E-state index in [1.165, 1.54) is 4.68 Å². The van der Waals surface area contributed by atoms with Crippen LogP contribution in [0.2, 0.25) is 0 Å². The van der Waals surface area contributed by atoms with Crippen LogP contribution >= 0.6 is 12.2 Å². The second kappa shape index (κ2) is 4.79. The molecule has 88 valence electrons. The number of para-hydroxylation sites is 1. The molecule has 0 radical (unpaired) electrons. The highest BCUT2D eigenvalue weighted by Gasteiger charge is 2.09. The van der Waals surface area contributed by atoms with Crippen molar-refractivity contribution in [3.63, 3.8) is 0 Å². The number of hydrogen-bond acceptors (Lipinski definition) is 5. The number of rotatable bonds is 2. The number of nitrogen functional groups attached to an aromatic ring is 1. The Balaban J connectivity index is 2.21. The summed E-state index contributed by atoms with van der Waals surface area (Å²) in [6, 6.07) is 9.59. The minimum absolute atomic E-state index is 0.239. The molecule has 1 heterocycles. The lowest BCUT2D eigenvalue weighted by Gasteiger charge is -2.02. The average Bonchev–Trinajstić information content (AvgIpc) is 2.70. The molecule has 1 aromatic carbocycles. The number of benzene rings is 1. The molecule has 1 aromatic heterocycles. The fourth-order valence-corrected chi connectivity index (χ4v) is 1.42. The predicted molar refractivity (Wildman–Crippen MR) is 71.2 cm³/mol. The smallest absolute Gasteiger partial charge is 0.248 e. The van der Waals surface area contributed by atoms with Gasteiger partial charge >= 0.3 is 0 Å². The lowest BCUT2D eigenvalue weighted by Crippen LogP contribution is -2.26. The van der Waals surface area contributed by atoms with E-state index in [4.69, 9.17) is 18.0 Å². The van der Waals surface area contributed by atoms with Crippen molar-refractivity contribution in [2.24, 2.45) is 0 Å². The van der Waals surface area contributed by atoms with Gasteiger partial charge in [0.05, 0.1) is 0 Å². The van der Waals surface area contributed by atoms with E-state index in [0.717, 1.165) is 5.69 Å². The summed E-state index contributed by atoms with van der Waals surface area (Å²) in [5.74, 6) is 0.647. The van der Waals surface area contributed by atoms with Crippen LogP contribution in [-0.2, 0) is 0 Å². The molecule has 17 heavy (non-hydrogen) atoms. The zero-order valence-corrected chi connectivity index (χ0v) is 10.0. The first-order valence-electron chi connectivity index (χ1n) is 4.97. The molecule has 0 aliphatic heterocycles. The molecule has 0 aliphatic carbocycles. The van der Waals surface area contributed by atoms with Gasteiger partial charge in [0.25, 0.3) is 0 Å². The van der Waals surface area contributed by atoms with Gasteiger partial charge in [-0.25, -0.2) is 0 Å². The largest absolute Gasteiger partial charge is 0.368 e. The lowest BCUT2D eigenvalue weighted by molar-refractivity contribution is 0.915. The van der Waals surface area contributed by atoms with Crippen LogP contribution in [0.15, 0.2) is 30.3 Å². The van der Waals surface area contributed by atoms with Gasteiger partial charge in [-0.3, -0.25) is 0 Å². The summed E-state index contributed by atoms with van der Waals surface area (Å²) in [5.41, 5.74) is 6.58. The predicted octanol–water partition coefficient (Wildman–Crippen LogP) is 0.956. The van der Waals surface area contributed by atoms with E-state index in [9.17, 15) is 0 Å². The van der Waals surface area contributed by atoms with Crippen molar-refractivity contribution in [1.29, 1.82) is 0 Å². The molecule has 2 rings (SSSR count). The number of thiocarbonyl (C=S) groups is 1. The van der Waals surface area contributed by atoms with Crippen molar-refractivity contribution in [2.75, 3.05) is 18.1 Å². The number of anilines is 3. The molecule has 0 bridgehead atoms. The first-order chi connectivity index (χ1) is 8.20. The van der Waals surface area contributed by atoms with Gasteiger partial charge in [-0.1, -0.05) is 18.2 Å². The second-order valence-electron chi connectivity index (χ2n) is 3.25. The Morgan fingerprint density at radius 3 is 2.71 bits per heavy atom. The first-order valence-corrected chi connectivity index (χ1v) is 5.38. The van der Waals surface area contributed by atoms with Crippen molar-refractivity contribution in [3.8, 4) is 0 Å². The minimum atomic E-state index is 0.239. The molecule has 0 unspecified atom stereocenters. The van der Waals surface area contributed by atoms with Gasteiger partial charge in [0.1, 0.15) is 0 Å². The Morgan fingerprint density at radius 2 is 2.06 bits per heavy atom. The number of nitrogens with one attached hydrogen (secondary N) is 2. The maximum atomic E-state index is 5.69. The molecule has 0 saturated carbocycles. The lowest BCUT2D eigenvalue weighted by atomic mass is 10.3. The molecule has 0 aliphatic rings. The second-order valence-corrected chi connectivity index (χ2v) is 3.64. The number of nitrogens with two attached hydrogens (primary N) is 1. The highest BCUT2D eigenvalue weighted by atomic mass is 32.1. The minimum Gasteiger partial charge on any atom is -0.368 e. The first kappa shape index (κ1) is 11.3. The van der Waals surface area contributed by atoms with Crippen LogP contribution in [0.5, 0.6) is 0 Å². The standard InChI is InChI=1S/C10H12N6S/c1-12-10(17)16-8(11)14-9(15-16)13-7-5-3-2-4-6-7/h2-6H,1H3,(H,12,17)(H3,11,13,14,15). The van der Waals surface area contributed by atoms with E-state index in [1.54, 1.807) is 7.05 Å². The molecule has 0 saturated heterocycles. The average molecular weight is 248 g/mol. The Bertz CT molecular complexity index is 521. The molecule has 6 nitrogen and oxygen atoms in total. The Labute approximate surface area is 104 Å². The van der Waals surface area contributed by atoms with Gasteiger partial charge in [-0.15, -0.1) is 5.10 Å². The van der Waals surface area contributed by atoms with E-state index in [-0.39, 0.29) is 5.95 Å². The molecular weight excluding hydrogens is 236 g/mol. The van der Waals surface area contributed by atoms with E-state index in [2.05, 4.69) is 20.7 Å². The Hall–Kier alpha value is -2.15. The maximum absolute atomic E-state index is 5.69. The summed E-state index contributed by atoms with van der Waals surface area (Å²) in [6.45, 7) is 0. The molecule has 0 amide bonds. The van der Waals surface area contributed by atoms with Gasteiger partial charge in [-0.05, 0) is 24.4 Å². The molecule has 0 spiro atoms. The van der Waals surface area contributed by atoms with Crippen LogP contribution in [0.4, 0.5) is 17.6 Å². The van der Waals surface area contributed by atoms with Crippen LogP contribution in [0.3, 0.4) is 0 Å². The van der Waals surface area contributed by atoms with Crippen LogP contribution in [-0.4, -0.2) is 26.9 Å². The number of hydrogen-bond donors (Lipinski definition) is 3. The number of nitrogens with zero attached hydrogens (tertiary/aromatic N) is 3. The molecule has 4 N–H and O–H groups in total. The molecule has 7 heteroatoms. The molecule has 0 fully saturated rings. The summed E-state index contributed by atoms with van der Waals surface area (Å²) in [6.07, 6.45) is 0. The van der Waals surface area contributed by atoms with E-state index in [0.29, 0.717) is 11.1 Å². The van der Waals surface area contributed by atoms with Crippen molar-refractivity contribution >= 4 is 34.9 Å². The van der Waals surface area contributed by atoms with E-state index >= 15 is 0 Å². The zero-order valence-electron chi connectivity index (χ0n) is 9.21. The van der Waals surface area contributed by atoms with Gasteiger partial charge in [-0.2, -0.15) is 9.67 Å². The topological polar surface area (TPSA) is 80.8 Å². The Morgan fingerprint density at radius 1 is 1.35 bits per heavy atom. The Kier molecular flexibility index (Phi) is 3.20. The summed E-state index contributed by atoms with van der Waals surface area (Å²) in [4.78, 5) is 4.07. The highest BCUT2D eigenvalue weighted by molar-refractivity contribution is 7.80. The van der Waals surface area contributed by atoms with Crippen molar-refractivity contribution < 1.29 is 0 Å². The highest BCUT2D eigenvalue weighted by Crippen LogP contribution is 2.13. The third-order valence-corrected chi connectivity index (χ3v) is 2.45. The fraction of sp³-hybridized carbons (Fsp3) is 0.100. The van der Waals surface area contributed by atoms with Crippen LogP contribution in [0.25, 0.3) is 0 Å². The van der Waals surface area contributed by atoms with E-state index in [1.807, 2.05) is 30.3 Å². The number of aromatic nitrogens is 3. The van der Waals surface area contributed by atoms with Crippen LogP contribution in [0, 0.1) is 0 Å². The van der Waals surface area contributed by atoms with Crippen molar-refractivity contribution in [3.05, 3.63) is 30.3 Å². The van der Waals surface area contributed by atoms with Gasteiger partial charge in [0.2, 0.25) is 11.9 Å². The SMILES string of the molecule is CNC(=S)n1nc(Nc2ccccc2)nc1N. The van der Waals surface area contributed by atoms with Gasteiger partial charge < -0.3 is 16.4 Å². The van der Waals surface area contributed by atoms with Crippen molar-refractivity contribution in [2.45, 2.75) is 0 Å². The van der Waals surface area contributed by atoms with Gasteiger partial charge in [0, 0.05) is 12.7 Å². The maximum Gasteiger partial charge on any atom is 0.248 e. The summed E-state index contributed by atoms with van der Waals surface area (Å²) >= 11 is 5.03. The quantitative estimate of drug-likeness (QED) is 0.687. The van der Waals surface area contributed by atoms with Crippen molar-refractivity contribution in [1.82, 2.24) is 20.1 Å². The summed E-state index contributed by atoms with van der Waals surface area (Å²) in [7, 11) is 1.70. The molecular formula is C10H12N6S. The fourth-order valence-electron chi connectivity index (χ4n) is 1.28. The molecule has 2 aromatic rings. The van der Waals surface area contributed by atoms with Crippen LogP contribution in [0.1, 0.15) is 0 Å².